The molecule has 5 heteroatoms. The minimum Gasteiger partial charge on any atom is -0.239 e. The highest BCUT2D eigenvalue weighted by atomic mass is 32.2. The molecule has 2 heterocycles. The van der Waals surface area contributed by atoms with Gasteiger partial charge >= 0.3 is 0 Å². The molecule has 0 N–H and O–H groups in total. The normalized spacial score (nSPS) is 11.3. The van der Waals surface area contributed by atoms with Gasteiger partial charge in [-0.05, 0) is 46.2 Å². The zero-order valence-corrected chi connectivity index (χ0v) is 20.8. The quantitative estimate of drug-likeness (QED) is 0.208. The minimum atomic E-state index is 0.152. The molecule has 0 saturated carbocycles. The van der Waals surface area contributed by atoms with Crippen molar-refractivity contribution >= 4 is 34.9 Å². The fourth-order valence-corrected chi connectivity index (χ4v) is 6.04. The van der Waals surface area contributed by atoms with Crippen LogP contribution in [0.4, 0.5) is 0 Å². The molecule has 160 valence electrons. The minimum absolute atomic E-state index is 0.152. The molecule has 0 saturated heterocycles. The Morgan fingerprint density at radius 3 is 2.31 bits per heavy atom. The van der Waals surface area contributed by atoms with Crippen LogP contribution in [0.5, 0.6) is 0 Å². The van der Waals surface area contributed by atoms with Crippen LogP contribution in [-0.4, -0.2) is 10.1 Å². The predicted octanol–water partition coefficient (Wildman–Crippen LogP) is 8.49. The maximum absolute atomic E-state index is 10.00. The lowest BCUT2D eigenvalue weighted by Gasteiger charge is -2.19. The molecule has 0 aliphatic carbocycles. The first kappa shape index (κ1) is 22.7. The fourth-order valence-electron chi connectivity index (χ4n) is 3.33. The molecular formula is C27H24N2S3. The summed E-state index contributed by atoms with van der Waals surface area (Å²) in [6, 6.07) is 27.5. The molecule has 0 fully saturated rings. The second kappa shape index (κ2) is 9.95. The van der Waals surface area contributed by atoms with E-state index >= 15 is 0 Å². The molecule has 2 aromatic heterocycles. The molecule has 2 nitrogen and oxygen atoms in total. The number of aromatic nitrogens is 1. The maximum atomic E-state index is 10.00. The van der Waals surface area contributed by atoms with Crippen molar-refractivity contribution in [2.45, 2.75) is 36.1 Å². The van der Waals surface area contributed by atoms with Crippen molar-refractivity contribution in [2.24, 2.45) is 0 Å². The highest BCUT2D eigenvalue weighted by molar-refractivity contribution is 8.16. The number of nitriles is 1. The van der Waals surface area contributed by atoms with Gasteiger partial charge in [-0.15, -0.1) is 23.1 Å². The van der Waals surface area contributed by atoms with Crippen LogP contribution >= 0.6 is 34.9 Å². The number of hydrogen-bond donors (Lipinski definition) is 0. The molecule has 32 heavy (non-hydrogen) atoms. The third-order valence-corrected chi connectivity index (χ3v) is 8.11. The van der Waals surface area contributed by atoms with Gasteiger partial charge in [0.15, 0.2) is 0 Å². The molecule has 0 spiro atoms. The fraction of sp³-hybridized carbons (Fsp3) is 0.185. The lowest BCUT2D eigenvalue weighted by molar-refractivity contribution is 0.590. The van der Waals surface area contributed by atoms with Crippen LogP contribution in [0, 0.1) is 11.3 Å². The number of benzene rings is 2. The van der Waals surface area contributed by atoms with Gasteiger partial charge in [-0.2, -0.15) is 5.26 Å². The first-order chi connectivity index (χ1) is 15.5. The van der Waals surface area contributed by atoms with Gasteiger partial charge in [0, 0.05) is 10.5 Å². The van der Waals surface area contributed by atoms with E-state index in [4.69, 9.17) is 4.98 Å². The second-order valence-corrected chi connectivity index (χ2v) is 11.7. The largest absolute Gasteiger partial charge is 0.239 e. The lowest BCUT2D eigenvalue weighted by atomic mass is 9.87. The van der Waals surface area contributed by atoms with Crippen LogP contribution in [0.3, 0.4) is 0 Å². The molecule has 0 bridgehead atoms. The molecule has 4 rings (SSSR count). The van der Waals surface area contributed by atoms with Crippen LogP contribution in [-0.2, 0) is 5.41 Å². The van der Waals surface area contributed by atoms with Crippen molar-refractivity contribution in [1.82, 2.24) is 4.98 Å². The van der Waals surface area contributed by atoms with Crippen LogP contribution < -0.4 is 0 Å². The van der Waals surface area contributed by atoms with E-state index in [2.05, 4.69) is 62.6 Å². The summed E-state index contributed by atoms with van der Waals surface area (Å²) in [5.41, 5.74) is 5.02. The summed E-state index contributed by atoms with van der Waals surface area (Å²) in [4.78, 5) is 7.22. The van der Waals surface area contributed by atoms with Gasteiger partial charge in [-0.3, -0.25) is 0 Å². The third kappa shape index (κ3) is 5.27. The zero-order chi connectivity index (χ0) is 22.6. The number of hydrogen-bond acceptors (Lipinski definition) is 5. The lowest BCUT2D eigenvalue weighted by Crippen LogP contribution is -2.10. The Morgan fingerprint density at radius 1 is 0.938 bits per heavy atom. The van der Waals surface area contributed by atoms with Crippen molar-refractivity contribution in [3.05, 3.63) is 89.3 Å². The Kier molecular flexibility index (Phi) is 7.05. The van der Waals surface area contributed by atoms with Gasteiger partial charge in [0.05, 0.1) is 21.2 Å². The summed E-state index contributed by atoms with van der Waals surface area (Å²) in [5.74, 6) is 0. The Labute approximate surface area is 202 Å². The van der Waals surface area contributed by atoms with E-state index in [1.807, 2.05) is 42.5 Å². The molecule has 0 unspecified atom stereocenters. The Bertz CT molecular complexity index is 1220. The van der Waals surface area contributed by atoms with Crippen LogP contribution in [0.1, 0.15) is 31.9 Å². The molecule has 4 aromatic rings. The molecule has 0 aliphatic heterocycles. The summed E-state index contributed by atoms with van der Waals surface area (Å²) in [6.07, 6.45) is 0. The molecule has 0 radical (unpaired) electrons. The van der Waals surface area contributed by atoms with E-state index in [1.165, 1.54) is 10.5 Å². The van der Waals surface area contributed by atoms with E-state index in [-0.39, 0.29) is 5.41 Å². The van der Waals surface area contributed by atoms with E-state index in [0.29, 0.717) is 5.56 Å². The number of nitrogens with zero attached hydrogens (tertiary/aromatic N) is 2. The Hall–Kier alpha value is -2.52. The predicted molar refractivity (Wildman–Crippen MR) is 139 cm³/mol. The van der Waals surface area contributed by atoms with Gasteiger partial charge < -0.3 is 0 Å². The van der Waals surface area contributed by atoms with Gasteiger partial charge in [-0.1, -0.05) is 81.1 Å². The van der Waals surface area contributed by atoms with Gasteiger partial charge in [-0.25, -0.2) is 4.98 Å². The zero-order valence-electron chi connectivity index (χ0n) is 18.3. The Morgan fingerprint density at radius 2 is 1.69 bits per heavy atom. The maximum Gasteiger partial charge on any atom is 0.116 e. The van der Waals surface area contributed by atoms with Crippen LogP contribution in [0.25, 0.3) is 21.7 Å². The molecule has 0 atom stereocenters. The van der Waals surface area contributed by atoms with Gasteiger partial charge in [0.1, 0.15) is 11.1 Å². The highest BCUT2D eigenvalue weighted by Crippen LogP contribution is 2.37. The monoisotopic (exact) mass is 472 g/mol. The topological polar surface area (TPSA) is 36.7 Å². The number of thioether (sulfide) groups is 2. The molecule has 2 aromatic carbocycles. The first-order valence-electron chi connectivity index (χ1n) is 10.4. The summed E-state index contributed by atoms with van der Waals surface area (Å²) < 4.78 is 0. The average molecular weight is 473 g/mol. The van der Waals surface area contributed by atoms with E-state index < -0.39 is 0 Å². The van der Waals surface area contributed by atoms with Crippen molar-refractivity contribution in [3.63, 3.8) is 0 Å². The van der Waals surface area contributed by atoms with Crippen molar-refractivity contribution in [1.29, 1.82) is 5.26 Å². The number of pyridine rings is 1. The van der Waals surface area contributed by atoms with Crippen LogP contribution in [0.15, 0.2) is 88.1 Å². The van der Waals surface area contributed by atoms with E-state index in [0.717, 1.165) is 31.8 Å². The van der Waals surface area contributed by atoms with Crippen molar-refractivity contribution in [2.75, 3.05) is 5.08 Å². The SMILES string of the molecule is CC(C)(C)c1ccc(SCSc2nc(-c3cccs3)cc(-c3ccccc3)c2C#N)cc1. The Balaban J connectivity index is 1.61. The third-order valence-electron chi connectivity index (χ3n) is 5.10. The number of rotatable bonds is 6. The van der Waals surface area contributed by atoms with E-state index in [9.17, 15) is 5.26 Å². The molecular weight excluding hydrogens is 449 g/mol. The first-order valence-corrected chi connectivity index (χ1v) is 13.2. The number of thiophene rings is 1. The second-order valence-electron chi connectivity index (χ2n) is 8.37. The summed E-state index contributed by atoms with van der Waals surface area (Å²) in [5, 5.41) is 13.6. The highest BCUT2D eigenvalue weighted by Gasteiger charge is 2.17. The smallest absolute Gasteiger partial charge is 0.116 e. The van der Waals surface area contributed by atoms with Crippen molar-refractivity contribution < 1.29 is 0 Å². The standard InChI is InChI=1S/C27H24N2S3/c1-27(2,3)20-11-13-21(14-12-20)31-18-32-26-23(17-28)22(19-8-5-4-6-9-19)16-24(29-26)25-10-7-15-30-25/h4-16H,18H2,1-3H3. The van der Waals surface area contributed by atoms with Gasteiger partial charge in [0.25, 0.3) is 0 Å². The molecule has 0 aliphatic rings. The summed E-state index contributed by atoms with van der Waals surface area (Å²) in [6.45, 7) is 6.68. The summed E-state index contributed by atoms with van der Waals surface area (Å²) >= 11 is 5.07. The van der Waals surface area contributed by atoms with Crippen LogP contribution in [0.2, 0.25) is 0 Å². The molecule has 0 amide bonds. The average Bonchev–Trinajstić information content (AvgIpc) is 3.34. The van der Waals surface area contributed by atoms with Gasteiger partial charge in [0.2, 0.25) is 0 Å². The van der Waals surface area contributed by atoms with Crippen molar-refractivity contribution in [3.8, 4) is 27.8 Å². The summed E-state index contributed by atoms with van der Waals surface area (Å²) in [7, 11) is 0. The van der Waals surface area contributed by atoms with E-state index in [1.54, 1.807) is 34.9 Å².